The molecule has 3 amide bonds. The molecule has 0 aromatic heterocycles. The van der Waals surface area contributed by atoms with Gasteiger partial charge in [0.15, 0.2) is 0 Å². The van der Waals surface area contributed by atoms with Gasteiger partial charge in [-0.25, -0.2) is 0 Å². The highest BCUT2D eigenvalue weighted by Crippen LogP contribution is 2.36. The third-order valence-corrected chi connectivity index (χ3v) is 6.72. The average molecular weight is 733 g/mol. The Morgan fingerprint density at radius 3 is 2.07 bits per heavy atom. The van der Waals surface area contributed by atoms with E-state index >= 15 is 0 Å². The molecule has 0 aliphatic carbocycles. The van der Waals surface area contributed by atoms with Crippen LogP contribution in [0.1, 0.15) is 20.7 Å². The van der Waals surface area contributed by atoms with Gasteiger partial charge in [-0.05, 0) is 67.8 Å². The highest BCUT2D eigenvalue weighted by Gasteiger charge is 2.30. The van der Waals surface area contributed by atoms with E-state index in [1.807, 2.05) is 45.2 Å². The molecule has 0 spiro atoms. The van der Waals surface area contributed by atoms with Gasteiger partial charge in [0.25, 0.3) is 11.8 Å². The number of nitrogens with zero attached hydrogens (tertiary/aromatic N) is 1. The number of aliphatic hydroxyl groups excluding tert-OH is 4. The van der Waals surface area contributed by atoms with Crippen LogP contribution in [-0.2, 0) is 4.79 Å². The monoisotopic (exact) mass is 733 g/mol. The summed E-state index contributed by atoms with van der Waals surface area (Å²) in [6.45, 7) is -2.15. The number of primary amides is 1. The molecule has 0 heterocycles. The van der Waals surface area contributed by atoms with Crippen molar-refractivity contribution in [1.29, 1.82) is 0 Å². The minimum atomic E-state index is -1.22. The number of rotatable bonds is 9. The fraction of sp³-hybridized carbons (Fsp3) is 0.400. The molecule has 1 rings (SSSR count). The summed E-state index contributed by atoms with van der Waals surface area (Å²) in [7, 11) is 0. The number of benzene rings is 1. The Bertz CT molecular complexity index is 776. The van der Waals surface area contributed by atoms with Gasteiger partial charge < -0.3 is 36.4 Å². The van der Waals surface area contributed by atoms with E-state index in [4.69, 9.17) is 15.9 Å². The molecule has 1 unspecified atom stereocenters. The maximum absolute atomic E-state index is 13.1. The molecule has 0 saturated carbocycles. The van der Waals surface area contributed by atoms with Crippen molar-refractivity contribution in [3.8, 4) is 0 Å². The van der Waals surface area contributed by atoms with Crippen LogP contribution < -0.4 is 11.1 Å². The fourth-order valence-electron chi connectivity index (χ4n) is 2.22. The van der Waals surface area contributed by atoms with E-state index in [1.165, 1.54) is 0 Å². The predicted octanol–water partition coefficient (Wildman–Crippen LogP) is -0.682. The van der Waals surface area contributed by atoms with Crippen molar-refractivity contribution in [2.24, 2.45) is 5.73 Å². The van der Waals surface area contributed by atoms with E-state index in [0.29, 0.717) is 7.14 Å². The van der Waals surface area contributed by atoms with E-state index in [0.717, 1.165) is 4.90 Å². The van der Waals surface area contributed by atoms with Gasteiger partial charge >= 0.3 is 0 Å². The van der Waals surface area contributed by atoms with Gasteiger partial charge in [0.2, 0.25) is 5.91 Å². The van der Waals surface area contributed by atoms with Crippen molar-refractivity contribution in [3.05, 3.63) is 21.8 Å². The molecule has 0 aliphatic rings. The minimum Gasteiger partial charge on any atom is -0.395 e. The van der Waals surface area contributed by atoms with Gasteiger partial charge in [-0.1, -0.05) is 0 Å². The first kappa shape index (κ1) is 25.7. The van der Waals surface area contributed by atoms with Gasteiger partial charge in [0.05, 0.1) is 43.3 Å². The minimum absolute atomic E-state index is 0.0184. The molecule has 10 nitrogen and oxygen atoms in total. The van der Waals surface area contributed by atoms with Crippen molar-refractivity contribution in [2.45, 2.75) is 6.10 Å². The van der Waals surface area contributed by atoms with E-state index in [1.54, 1.807) is 22.6 Å². The number of hydrogen-bond donors (Lipinski definition) is 6. The molecule has 28 heavy (non-hydrogen) atoms. The number of hydrogen-bond acceptors (Lipinski definition) is 7. The van der Waals surface area contributed by atoms with Crippen LogP contribution >= 0.6 is 67.8 Å². The lowest BCUT2D eigenvalue weighted by Crippen LogP contribution is -2.41. The van der Waals surface area contributed by atoms with Crippen LogP contribution in [0.5, 0.6) is 0 Å². The second-order valence-electron chi connectivity index (χ2n) is 5.45. The molecule has 156 valence electrons. The Labute approximate surface area is 201 Å². The highest BCUT2D eigenvalue weighted by atomic mass is 127. The number of carbonyl (C=O) groups is 3. The van der Waals surface area contributed by atoms with E-state index in [2.05, 4.69) is 5.32 Å². The lowest BCUT2D eigenvalue weighted by atomic mass is 10.1. The first-order valence-electron chi connectivity index (χ1n) is 7.70. The Hall–Kier alpha value is -0.340. The summed E-state index contributed by atoms with van der Waals surface area (Å²) in [5.74, 6) is -2.19. The maximum atomic E-state index is 13.1. The molecule has 0 fully saturated rings. The number of anilines is 1. The molecule has 1 aromatic carbocycles. The first-order valence-corrected chi connectivity index (χ1v) is 10.9. The summed E-state index contributed by atoms with van der Waals surface area (Å²) in [4.78, 5) is 37.9. The molecular formula is C15H18I3N3O7. The van der Waals surface area contributed by atoms with Crippen molar-refractivity contribution in [1.82, 2.24) is 4.90 Å². The molecule has 13 heteroatoms. The Kier molecular flexibility index (Phi) is 10.8. The summed E-state index contributed by atoms with van der Waals surface area (Å²) in [5.41, 5.74) is 5.66. The number of amides is 3. The quantitative estimate of drug-likeness (QED) is 0.183. The van der Waals surface area contributed by atoms with Gasteiger partial charge in [-0.15, -0.1) is 0 Å². The molecule has 0 saturated heterocycles. The van der Waals surface area contributed by atoms with Gasteiger partial charge in [0, 0.05) is 16.7 Å². The third-order valence-electron chi connectivity index (χ3n) is 3.48. The fourth-order valence-corrected chi connectivity index (χ4v) is 6.65. The number of carbonyl (C=O) groups excluding carboxylic acids is 3. The second kappa shape index (κ2) is 11.7. The van der Waals surface area contributed by atoms with Crippen molar-refractivity contribution in [3.63, 3.8) is 0 Å². The lowest BCUT2D eigenvalue weighted by Gasteiger charge is -2.26. The Morgan fingerprint density at radius 1 is 1.04 bits per heavy atom. The molecule has 0 bridgehead atoms. The summed E-state index contributed by atoms with van der Waals surface area (Å²) in [5, 5.41) is 39.4. The number of aliphatic hydroxyl groups is 4. The van der Waals surface area contributed by atoms with Gasteiger partial charge in [-0.2, -0.15) is 0 Å². The molecule has 0 aliphatic heterocycles. The second-order valence-corrected chi connectivity index (χ2v) is 8.68. The largest absolute Gasteiger partial charge is 0.395 e. The summed E-state index contributed by atoms with van der Waals surface area (Å²) in [6, 6.07) is 0. The lowest BCUT2D eigenvalue weighted by molar-refractivity contribution is -0.118. The molecular weight excluding hydrogens is 715 g/mol. The van der Waals surface area contributed by atoms with E-state index < -0.39 is 43.6 Å². The molecule has 0 radical (unpaired) electrons. The van der Waals surface area contributed by atoms with Crippen LogP contribution in [0.25, 0.3) is 0 Å². The standard InChI is InChI=1S/C15H18I3N3O7/c16-10-8(14(19)27)11(17)13(20-7(26)5-24)12(18)9(10)15(28)21(1-2-22)3-6(25)4-23/h6,22-25H,1-5H2,(H2,19,27)(H,20,26). The summed E-state index contributed by atoms with van der Waals surface area (Å²) in [6.07, 6.45) is -1.22. The topological polar surface area (TPSA) is 173 Å². The SMILES string of the molecule is NC(=O)c1c(I)c(NC(=O)CO)c(I)c(C(=O)N(CCO)CC(O)CO)c1I. The van der Waals surface area contributed by atoms with Gasteiger partial charge in [-0.3, -0.25) is 14.4 Å². The zero-order valence-electron chi connectivity index (χ0n) is 14.3. The van der Waals surface area contributed by atoms with Crippen LogP contribution in [0.2, 0.25) is 0 Å². The van der Waals surface area contributed by atoms with Crippen LogP contribution in [0.3, 0.4) is 0 Å². The van der Waals surface area contributed by atoms with Crippen LogP contribution in [-0.4, -0.2) is 82.1 Å². The van der Waals surface area contributed by atoms with Crippen molar-refractivity contribution in [2.75, 3.05) is 38.2 Å². The zero-order valence-corrected chi connectivity index (χ0v) is 20.8. The summed E-state index contributed by atoms with van der Waals surface area (Å²) >= 11 is 5.43. The van der Waals surface area contributed by atoms with Crippen LogP contribution in [0.4, 0.5) is 5.69 Å². The molecule has 7 N–H and O–H groups in total. The maximum Gasteiger partial charge on any atom is 0.256 e. The Balaban J connectivity index is 3.64. The molecule has 1 aromatic rings. The molecule has 1 atom stereocenters. The average Bonchev–Trinajstić information content (AvgIpc) is 2.63. The predicted molar refractivity (Wildman–Crippen MR) is 125 cm³/mol. The van der Waals surface area contributed by atoms with Crippen molar-refractivity contribution < 1.29 is 34.8 Å². The van der Waals surface area contributed by atoms with Crippen molar-refractivity contribution >= 4 is 91.2 Å². The van der Waals surface area contributed by atoms with E-state index in [9.17, 15) is 24.6 Å². The third kappa shape index (κ3) is 6.08. The Morgan fingerprint density at radius 2 is 1.61 bits per heavy atom. The van der Waals surface area contributed by atoms with E-state index in [-0.39, 0.29) is 33.5 Å². The first-order chi connectivity index (χ1) is 13.1. The zero-order chi connectivity index (χ0) is 21.6. The van der Waals surface area contributed by atoms with Gasteiger partial charge in [0.1, 0.15) is 6.61 Å². The van der Waals surface area contributed by atoms with Crippen LogP contribution in [0.15, 0.2) is 0 Å². The number of nitrogens with two attached hydrogens (primary N) is 1. The normalized spacial score (nSPS) is 11.8. The highest BCUT2D eigenvalue weighted by molar-refractivity contribution is 14.1. The summed E-state index contributed by atoms with van der Waals surface area (Å²) < 4.78 is 0.846. The number of halogens is 3. The number of nitrogens with one attached hydrogen (secondary N) is 1. The van der Waals surface area contributed by atoms with Crippen LogP contribution in [0, 0.1) is 10.7 Å². The smallest absolute Gasteiger partial charge is 0.256 e.